The third-order valence-corrected chi connectivity index (χ3v) is 6.18. The Morgan fingerprint density at radius 1 is 1.20 bits per heavy atom. The highest BCUT2D eigenvalue weighted by atomic mass is 35.5. The maximum atomic E-state index is 12.6. The molecule has 0 unspecified atom stereocenters. The molecular weight excluding hydrogens is 366 g/mol. The number of aromatic nitrogens is 3. The molecular formula is C15H18ClN5O3S. The molecule has 1 aromatic carbocycles. The van der Waals surface area contributed by atoms with Crippen LogP contribution in [0.5, 0.6) is 0 Å². The van der Waals surface area contributed by atoms with Gasteiger partial charge in [-0.25, -0.2) is 13.4 Å². The van der Waals surface area contributed by atoms with Gasteiger partial charge in [-0.1, -0.05) is 17.7 Å². The first-order valence-electron chi connectivity index (χ1n) is 7.83. The zero-order chi connectivity index (χ0) is 17.9. The second-order valence-corrected chi connectivity index (χ2v) is 8.03. The van der Waals surface area contributed by atoms with Crippen molar-refractivity contribution in [1.82, 2.24) is 24.0 Å². The molecule has 2 heterocycles. The van der Waals surface area contributed by atoms with Crippen LogP contribution in [0.4, 0.5) is 0 Å². The summed E-state index contributed by atoms with van der Waals surface area (Å²) in [7, 11) is -3.59. The number of benzene rings is 1. The van der Waals surface area contributed by atoms with Crippen LogP contribution in [0.15, 0.2) is 41.8 Å². The number of amides is 1. The normalized spacial score (nSPS) is 16.1. The van der Waals surface area contributed by atoms with Crippen molar-refractivity contribution >= 4 is 27.5 Å². The number of rotatable bonds is 5. The molecule has 1 fully saturated rings. The lowest BCUT2D eigenvalue weighted by molar-refractivity contribution is -0.132. The van der Waals surface area contributed by atoms with Crippen LogP contribution >= 0.6 is 11.6 Å². The molecule has 8 nitrogen and oxygen atoms in total. The molecule has 0 atom stereocenters. The Labute approximate surface area is 151 Å². The predicted molar refractivity (Wildman–Crippen MR) is 91.4 cm³/mol. The van der Waals surface area contributed by atoms with E-state index in [9.17, 15) is 13.2 Å². The van der Waals surface area contributed by atoms with Crippen LogP contribution in [0.2, 0.25) is 5.02 Å². The molecule has 0 saturated carbocycles. The second-order valence-electron chi connectivity index (χ2n) is 5.65. The average molecular weight is 384 g/mol. The van der Waals surface area contributed by atoms with Crippen LogP contribution in [-0.4, -0.2) is 64.5 Å². The highest BCUT2D eigenvalue weighted by Gasteiger charge is 2.30. The van der Waals surface area contributed by atoms with Crippen LogP contribution in [0.3, 0.4) is 0 Å². The van der Waals surface area contributed by atoms with Gasteiger partial charge in [-0.2, -0.15) is 9.40 Å². The highest BCUT2D eigenvalue weighted by molar-refractivity contribution is 7.89. The minimum atomic E-state index is -3.59. The van der Waals surface area contributed by atoms with Crippen LogP contribution in [0.1, 0.15) is 6.42 Å². The van der Waals surface area contributed by atoms with Gasteiger partial charge < -0.3 is 4.90 Å². The SMILES string of the molecule is O=C(CCn1cncn1)N1CCN(S(=O)(=O)c2cccc(Cl)c2)CC1. The zero-order valence-electron chi connectivity index (χ0n) is 13.5. The molecule has 134 valence electrons. The minimum absolute atomic E-state index is 0.0182. The molecule has 3 rings (SSSR count). The van der Waals surface area contributed by atoms with E-state index in [1.54, 1.807) is 28.0 Å². The Morgan fingerprint density at radius 2 is 1.96 bits per heavy atom. The van der Waals surface area contributed by atoms with E-state index in [1.165, 1.54) is 22.8 Å². The van der Waals surface area contributed by atoms with Gasteiger partial charge >= 0.3 is 0 Å². The fourth-order valence-corrected chi connectivity index (χ4v) is 4.39. The van der Waals surface area contributed by atoms with Gasteiger partial charge in [-0.3, -0.25) is 9.48 Å². The zero-order valence-corrected chi connectivity index (χ0v) is 15.0. The van der Waals surface area contributed by atoms with E-state index in [0.29, 0.717) is 31.1 Å². The van der Waals surface area contributed by atoms with Crippen molar-refractivity contribution in [2.45, 2.75) is 17.9 Å². The summed E-state index contributed by atoms with van der Waals surface area (Å²) < 4.78 is 28.3. The van der Waals surface area contributed by atoms with E-state index in [4.69, 9.17) is 11.6 Å². The Bertz CT molecular complexity index is 833. The van der Waals surface area contributed by atoms with Gasteiger partial charge in [0.25, 0.3) is 0 Å². The lowest BCUT2D eigenvalue weighted by atomic mass is 10.3. The molecule has 25 heavy (non-hydrogen) atoms. The Morgan fingerprint density at radius 3 is 2.60 bits per heavy atom. The lowest BCUT2D eigenvalue weighted by Crippen LogP contribution is -2.50. The van der Waals surface area contributed by atoms with E-state index >= 15 is 0 Å². The summed E-state index contributed by atoms with van der Waals surface area (Å²) in [6, 6.07) is 6.20. The summed E-state index contributed by atoms with van der Waals surface area (Å²) in [5.41, 5.74) is 0. The molecule has 0 bridgehead atoms. The molecule has 0 radical (unpaired) electrons. The summed E-state index contributed by atoms with van der Waals surface area (Å²) >= 11 is 5.88. The number of hydrogen-bond donors (Lipinski definition) is 0. The van der Waals surface area contributed by atoms with Crippen molar-refractivity contribution in [2.75, 3.05) is 26.2 Å². The number of nitrogens with zero attached hydrogens (tertiary/aromatic N) is 5. The highest BCUT2D eigenvalue weighted by Crippen LogP contribution is 2.21. The number of halogens is 1. The fraction of sp³-hybridized carbons (Fsp3) is 0.400. The topological polar surface area (TPSA) is 88.4 Å². The first-order chi connectivity index (χ1) is 12.0. The molecule has 1 aliphatic heterocycles. The number of aryl methyl sites for hydroxylation is 1. The predicted octanol–water partition coefficient (Wildman–Crippen LogP) is 0.855. The molecule has 0 N–H and O–H groups in total. The summed E-state index contributed by atoms with van der Waals surface area (Å²) in [6.45, 7) is 1.74. The molecule has 1 aromatic heterocycles. The minimum Gasteiger partial charge on any atom is -0.340 e. The Hall–Kier alpha value is -1.97. The van der Waals surface area contributed by atoms with E-state index in [2.05, 4.69) is 10.1 Å². The fourth-order valence-electron chi connectivity index (χ4n) is 2.67. The standard InChI is InChI=1S/C15H18ClN5O3S/c16-13-2-1-3-14(10-13)25(23,24)21-8-6-19(7-9-21)15(22)4-5-20-12-17-11-18-20/h1-3,10-12H,4-9H2. The van der Waals surface area contributed by atoms with Crippen molar-refractivity contribution in [1.29, 1.82) is 0 Å². The maximum absolute atomic E-state index is 12.6. The first-order valence-corrected chi connectivity index (χ1v) is 9.64. The van der Waals surface area contributed by atoms with Crippen molar-refractivity contribution in [3.8, 4) is 0 Å². The van der Waals surface area contributed by atoms with Crippen molar-refractivity contribution < 1.29 is 13.2 Å². The molecule has 0 spiro atoms. The van der Waals surface area contributed by atoms with Gasteiger partial charge in [-0.15, -0.1) is 0 Å². The second kappa shape index (κ2) is 7.51. The largest absolute Gasteiger partial charge is 0.340 e. The summed E-state index contributed by atoms with van der Waals surface area (Å²) in [5.74, 6) is -0.0182. The van der Waals surface area contributed by atoms with E-state index in [-0.39, 0.29) is 23.9 Å². The number of sulfonamides is 1. The molecule has 2 aromatic rings. The Balaban J connectivity index is 1.57. The van der Waals surface area contributed by atoms with Gasteiger partial charge in [-0.05, 0) is 18.2 Å². The Kier molecular flexibility index (Phi) is 5.36. The third-order valence-electron chi connectivity index (χ3n) is 4.05. The number of hydrogen-bond acceptors (Lipinski definition) is 5. The first kappa shape index (κ1) is 17.8. The number of carbonyl (C=O) groups is 1. The number of carbonyl (C=O) groups excluding carboxylic acids is 1. The molecule has 1 aliphatic rings. The summed E-state index contributed by atoms with van der Waals surface area (Å²) in [5, 5.41) is 4.33. The van der Waals surface area contributed by atoms with Crippen molar-refractivity contribution in [3.05, 3.63) is 41.9 Å². The monoisotopic (exact) mass is 383 g/mol. The van der Waals surface area contributed by atoms with Crippen molar-refractivity contribution in [3.63, 3.8) is 0 Å². The number of piperazine rings is 1. The van der Waals surface area contributed by atoms with Crippen LogP contribution in [-0.2, 0) is 21.4 Å². The summed E-state index contributed by atoms with van der Waals surface area (Å²) in [4.78, 5) is 17.9. The van der Waals surface area contributed by atoms with Gasteiger partial charge in [0.15, 0.2) is 0 Å². The van der Waals surface area contributed by atoms with Crippen LogP contribution < -0.4 is 0 Å². The van der Waals surface area contributed by atoms with E-state index in [1.807, 2.05) is 0 Å². The summed E-state index contributed by atoms with van der Waals surface area (Å²) in [6.07, 6.45) is 3.29. The molecule has 0 aliphatic carbocycles. The van der Waals surface area contributed by atoms with Gasteiger partial charge in [0.2, 0.25) is 15.9 Å². The lowest BCUT2D eigenvalue weighted by Gasteiger charge is -2.34. The smallest absolute Gasteiger partial charge is 0.243 e. The average Bonchev–Trinajstić information content (AvgIpc) is 3.13. The molecule has 10 heteroatoms. The molecule has 1 amide bonds. The van der Waals surface area contributed by atoms with Gasteiger partial charge in [0.1, 0.15) is 12.7 Å². The van der Waals surface area contributed by atoms with Gasteiger partial charge in [0.05, 0.1) is 11.4 Å². The van der Waals surface area contributed by atoms with E-state index < -0.39 is 10.0 Å². The van der Waals surface area contributed by atoms with Gasteiger partial charge in [0, 0.05) is 37.6 Å². The quantitative estimate of drug-likeness (QED) is 0.763. The van der Waals surface area contributed by atoms with Crippen LogP contribution in [0, 0.1) is 0 Å². The van der Waals surface area contributed by atoms with Crippen molar-refractivity contribution in [2.24, 2.45) is 0 Å². The van der Waals surface area contributed by atoms with E-state index in [0.717, 1.165) is 0 Å². The third kappa shape index (κ3) is 4.17. The molecule has 1 saturated heterocycles. The maximum Gasteiger partial charge on any atom is 0.243 e. The van der Waals surface area contributed by atoms with Crippen LogP contribution in [0.25, 0.3) is 0 Å².